The second-order valence-electron chi connectivity index (χ2n) is 4.69. The number of rotatable bonds is 2. The molecule has 1 atom stereocenters. The molecule has 0 saturated carbocycles. The van der Waals surface area contributed by atoms with Crippen LogP contribution in [0.1, 0.15) is 23.7 Å². The molecule has 3 aromatic rings. The molecule has 0 radical (unpaired) electrons. The van der Waals surface area contributed by atoms with Crippen LogP contribution < -0.4 is 0 Å². The number of benzene rings is 2. The first-order valence-electron chi connectivity index (χ1n) is 6.43. The van der Waals surface area contributed by atoms with Gasteiger partial charge in [0.15, 0.2) is 5.82 Å². The molecule has 5 heteroatoms. The van der Waals surface area contributed by atoms with Gasteiger partial charge >= 0.3 is 0 Å². The van der Waals surface area contributed by atoms with Crippen molar-refractivity contribution in [1.82, 2.24) is 9.55 Å². The lowest BCUT2D eigenvalue weighted by Crippen LogP contribution is -2.02. The van der Waals surface area contributed by atoms with Gasteiger partial charge in [-0.25, -0.2) is 9.37 Å². The number of para-hydroxylation sites is 1. The first kappa shape index (κ1) is 13.6. The average molecular weight is 300 g/mol. The van der Waals surface area contributed by atoms with Gasteiger partial charge in [-0.1, -0.05) is 12.1 Å². The summed E-state index contributed by atoms with van der Waals surface area (Å²) in [5, 5.41) is 8.65. The minimum absolute atomic E-state index is 0.280. The Balaban J connectivity index is 2.37. The number of alkyl halides is 1. The predicted molar refractivity (Wildman–Crippen MR) is 80.0 cm³/mol. The van der Waals surface area contributed by atoms with E-state index in [1.165, 1.54) is 6.07 Å². The molecule has 104 valence electrons. The lowest BCUT2D eigenvalue weighted by atomic mass is 10.2. The van der Waals surface area contributed by atoms with Gasteiger partial charge in [0.25, 0.3) is 0 Å². The number of imidazole rings is 1. The summed E-state index contributed by atoms with van der Waals surface area (Å²) in [5.74, 6) is 0.160. The van der Waals surface area contributed by atoms with Crippen LogP contribution in [0.2, 0.25) is 0 Å². The molecule has 0 aliphatic heterocycles. The first-order valence-corrected chi connectivity index (χ1v) is 6.87. The van der Waals surface area contributed by atoms with E-state index >= 15 is 0 Å². The van der Waals surface area contributed by atoms with Gasteiger partial charge in [-0.15, -0.1) is 11.6 Å². The van der Waals surface area contributed by atoms with Crippen molar-refractivity contribution in [3.05, 3.63) is 59.7 Å². The second kappa shape index (κ2) is 5.19. The van der Waals surface area contributed by atoms with Crippen LogP contribution in [0, 0.1) is 17.1 Å². The molecular weight excluding hydrogens is 289 g/mol. The Morgan fingerprint density at radius 1 is 1.29 bits per heavy atom. The minimum atomic E-state index is -0.388. The van der Waals surface area contributed by atoms with Gasteiger partial charge < -0.3 is 0 Å². The normalized spacial score (nSPS) is 12.3. The highest BCUT2D eigenvalue weighted by Crippen LogP contribution is 2.29. The van der Waals surface area contributed by atoms with E-state index in [0.717, 1.165) is 5.69 Å². The fourth-order valence-corrected chi connectivity index (χ4v) is 2.48. The lowest BCUT2D eigenvalue weighted by Gasteiger charge is -2.10. The Morgan fingerprint density at radius 3 is 2.76 bits per heavy atom. The van der Waals surface area contributed by atoms with E-state index < -0.39 is 0 Å². The van der Waals surface area contributed by atoms with Crippen LogP contribution in [0.5, 0.6) is 0 Å². The number of halogens is 2. The summed E-state index contributed by atoms with van der Waals surface area (Å²) in [6.07, 6.45) is 0. The zero-order chi connectivity index (χ0) is 15.0. The molecule has 0 saturated heterocycles. The topological polar surface area (TPSA) is 41.6 Å². The van der Waals surface area contributed by atoms with Gasteiger partial charge in [0.05, 0.1) is 22.5 Å². The third-order valence-corrected chi connectivity index (χ3v) is 3.45. The van der Waals surface area contributed by atoms with Gasteiger partial charge in [0, 0.05) is 5.69 Å². The van der Waals surface area contributed by atoms with Crippen LogP contribution in [0.4, 0.5) is 4.39 Å². The van der Waals surface area contributed by atoms with Crippen molar-refractivity contribution in [2.45, 2.75) is 12.3 Å². The molecule has 21 heavy (non-hydrogen) atoms. The highest BCUT2D eigenvalue weighted by Gasteiger charge is 2.18. The SMILES string of the molecule is CC(Cl)c1nc2c(F)cccc2n1-c1cccc(C#N)c1. The summed E-state index contributed by atoms with van der Waals surface area (Å²) < 4.78 is 15.7. The zero-order valence-electron chi connectivity index (χ0n) is 11.2. The van der Waals surface area contributed by atoms with Crippen molar-refractivity contribution in [3.63, 3.8) is 0 Å². The van der Waals surface area contributed by atoms with Crippen molar-refractivity contribution in [1.29, 1.82) is 5.26 Å². The zero-order valence-corrected chi connectivity index (χ0v) is 12.0. The third kappa shape index (κ3) is 2.26. The van der Waals surface area contributed by atoms with Crippen LogP contribution in [0.3, 0.4) is 0 Å². The summed E-state index contributed by atoms with van der Waals surface area (Å²) in [6.45, 7) is 1.78. The van der Waals surface area contributed by atoms with Gasteiger partial charge in [-0.3, -0.25) is 4.57 Å². The number of aromatic nitrogens is 2. The van der Waals surface area contributed by atoms with E-state index in [0.29, 0.717) is 16.9 Å². The van der Waals surface area contributed by atoms with Crippen molar-refractivity contribution < 1.29 is 4.39 Å². The molecule has 0 N–H and O–H groups in total. The molecule has 1 aromatic heterocycles. The Bertz CT molecular complexity index is 862. The van der Waals surface area contributed by atoms with Gasteiger partial charge in [-0.05, 0) is 37.3 Å². The van der Waals surface area contributed by atoms with E-state index in [2.05, 4.69) is 11.1 Å². The standard InChI is InChI=1S/C16H11ClFN3/c1-10(17)16-20-15-13(18)6-3-7-14(15)21(16)12-5-2-4-11(8-12)9-19/h2-8,10H,1H3. The van der Waals surface area contributed by atoms with E-state index in [1.807, 2.05) is 6.07 Å². The number of hydrogen-bond acceptors (Lipinski definition) is 2. The van der Waals surface area contributed by atoms with Crippen LogP contribution in [-0.4, -0.2) is 9.55 Å². The van der Waals surface area contributed by atoms with Crippen molar-refractivity contribution >= 4 is 22.6 Å². The molecule has 1 unspecified atom stereocenters. The number of hydrogen-bond donors (Lipinski definition) is 0. The number of nitriles is 1. The molecule has 1 heterocycles. The average Bonchev–Trinajstić information content (AvgIpc) is 2.88. The summed E-state index contributed by atoms with van der Waals surface area (Å²) in [4.78, 5) is 4.32. The third-order valence-electron chi connectivity index (χ3n) is 3.25. The molecular formula is C16H11ClFN3. The van der Waals surface area contributed by atoms with Crippen molar-refractivity contribution in [2.75, 3.05) is 0 Å². The molecule has 3 nitrogen and oxygen atoms in total. The monoisotopic (exact) mass is 299 g/mol. The first-order chi connectivity index (χ1) is 10.1. The highest BCUT2D eigenvalue weighted by atomic mass is 35.5. The molecule has 0 amide bonds. The van der Waals surface area contributed by atoms with E-state index in [4.69, 9.17) is 16.9 Å². The smallest absolute Gasteiger partial charge is 0.151 e. The quantitative estimate of drug-likeness (QED) is 0.661. The molecule has 2 aromatic carbocycles. The van der Waals surface area contributed by atoms with Crippen LogP contribution in [-0.2, 0) is 0 Å². The molecule has 0 spiro atoms. The fraction of sp³-hybridized carbons (Fsp3) is 0.125. The lowest BCUT2D eigenvalue weighted by molar-refractivity contribution is 0.637. The van der Waals surface area contributed by atoms with E-state index in [-0.39, 0.29) is 16.7 Å². The predicted octanol–water partition coefficient (Wildman–Crippen LogP) is 4.34. The van der Waals surface area contributed by atoms with Gasteiger partial charge in [0.2, 0.25) is 0 Å². The van der Waals surface area contributed by atoms with Crippen LogP contribution in [0.25, 0.3) is 16.7 Å². The Kier molecular flexibility index (Phi) is 3.36. The van der Waals surface area contributed by atoms with Crippen LogP contribution >= 0.6 is 11.6 Å². The van der Waals surface area contributed by atoms with Crippen molar-refractivity contribution in [3.8, 4) is 11.8 Å². The maximum absolute atomic E-state index is 13.9. The fourth-order valence-electron chi connectivity index (χ4n) is 2.34. The molecule has 3 rings (SSSR count). The highest BCUT2D eigenvalue weighted by molar-refractivity contribution is 6.20. The number of fused-ring (bicyclic) bond motifs is 1. The summed E-state index contributed by atoms with van der Waals surface area (Å²) in [5.41, 5.74) is 2.18. The Morgan fingerprint density at radius 2 is 2.05 bits per heavy atom. The second-order valence-corrected chi connectivity index (χ2v) is 5.35. The minimum Gasteiger partial charge on any atom is -0.295 e. The number of nitrogens with zero attached hydrogens (tertiary/aromatic N) is 3. The van der Waals surface area contributed by atoms with E-state index in [1.54, 1.807) is 41.8 Å². The Labute approximate surface area is 126 Å². The van der Waals surface area contributed by atoms with E-state index in [9.17, 15) is 4.39 Å². The summed E-state index contributed by atoms with van der Waals surface area (Å²) in [6, 6.07) is 14.0. The molecule has 0 fully saturated rings. The largest absolute Gasteiger partial charge is 0.295 e. The molecule has 0 aliphatic carbocycles. The summed E-state index contributed by atoms with van der Waals surface area (Å²) in [7, 11) is 0. The van der Waals surface area contributed by atoms with Gasteiger partial charge in [0.1, 0.15) is 11.3 Å². The van der Waals surface area contributed by atoms with Gasteiger partial charge in [-0.2, -0.15) is 5.26 Å². The molecule has 0 bridgehead atoms. The Hall–Kier alpha value is -2.38. The summed E-state index contributed by atoms with van der Waals surface area (Å²) >= 11 is 6.18. The maximum atomic E-state index is 13.9. The molecule has 0 aliphatic rings. The maximum Gasteiger partial charge on any atom is 0.151 e. The van der Waals surface area contributed by atoms with Crippen molar-refractivity contribution in [2.24, 2.45) is 0 Å². The van der Waals surface area contributed by atoms with Crippen LogP contribution in [0.15, 0.2) is 42.5 Å².